The van der Waals surface area contributed by atoms with Gasteiger partial charge in [0.1, 0.15) is 0 Å². The van der Waals surface area contributed by atoms with Gasteiger partial charge in [0.25, 0.3) is 0 Å². The number of rotatable bonds is 11. The van der Waals surface area contributed by atoms with Crippen LogP contribution < -0.4 is 31.8 Å². The zero-order valence-corrected chi connectivity index (χ0v) is 33.9. The molecule has 0 N–H and O–H groups in total. The molecular formula is C51H42P2S2. The maximum absolute atomic E-state index is 7.23. The van der Waals surface area contributed by atoms with Crippen LogP contribution >= 0.6 is 36.3 Å². The van der Waals surface area contributed by atoms with Crippen molar-refractivity contribution in [2.24, 2.45) is 0 Å². The summed E-state index contributed by atoms with van der Waals surface area (Å²) in [5.41, 5.74) is 2.43. The van der Waals surface area contributed by atoms with Gasteiger partial charge >= 0.3 is 338 Å². The van der Waals surface area contributed by atoms with Crippen molar-refractivity contribution < 1.29 is 0 Å². The number of benzene rings is 8. The molecule has 4 heteroatoms. The first-order valence-electron chi connectivity index (χ1n) is 18.6. The average Bonchev–Trinajstić information content (AvgIpc) is 3.28. The third-order valence-electron chi connectivity index (χ3n) is 10.5. The first-order chi connectivity index (χ1) is 27.2. The summed E-state index contributed by atoms with van der Waals surface area (Å²) in [5, 5.41) is 8.94. The zero-order valence-electron chi connectivity index (χ0n) is 30.5. The first kappa shape index (κ1) is 36.9. The Labute approximate surface area is 335 Å². The van der Waals surface area contributed by atoms with Crippen LogP contribution in [0.2, 0.25) is 0 Å². The average molecular weight is 781 g/mol. The molecular weight excluding hydrogens is 739 g/mol. The summed E-state index contributed by atoms with van der Waals surface area (Å²) < 4.78 is 0.918. The van der Waals surface area contributed by atoms with Gasteiger partial charge in [0.15, 0.2) is 0 Å². The minimum absolute atomic E-state index is 0.796. The molecule has 0 fully saturated rings. The van der Waals surface area contributed by atoms with E-state index in [2.05, 4.69) is 243 Å². The predicted molar refractivity (Wildman–Crippen MR) is 251 cm³/mol. The van der Waals surface area contributed by atoms with Gasteiger partial charge in [-0.3, -0.25) is 0 Å². The molecule has 0 unspecified atom stereocenters. The Morgan fingerprint density at radius 3 is 1.02 bits per heavy atom. The second kappa shape index (κ2) is 16.3. The molecule has 268 valence electrons. The van der Waals surface area contributed by atoms with E-state index in [1.54, 1.807) is 0 Å². The Hall–Kier alpha value is -5.07. The molecule has 0 saturated carbocycles. The summed E-state index contributed by atoms with van der Waals surface area (Å²) in [6, 6.07) is 89.1. The number of hydrogen-bond acceptors (Lipinski definition) is 2. The van der Waals surface area contributed by atoms with E-state index >= 15 is 0 Å². The number of hydrogen-bond donors (Lipinski definition) is 0. The van der Waals surface area contributed by atoms with Crippen LogP contribution in [0, 0.1) is 0 Å². The maximum atomic E-state index is 7.23. The molecule has 0 aliphatic carbocycles. The van der Waals surface area contributed by atoms with Gasteiger partial charge in [0.2, 0.25) is 0 Å². The summed E-state index contributed by atoms with van der Waals surface area (Å²) in [4.78, 5) is 0. The van der Waals surface area contributed by atoms with Crippen LogP contribution in [0.25, 0.3) is 0 Å². The van der Waals surface area contributed by atoms with Crippen LogP contribution in [0.1, 0.15) is 11.1 Å². The van der Waals surface area contributed by atoms with E-state index in [0.717, 1.165) is 15.9 Å². The van der Waals surface area contributed by atoms with Gasteiger partial charge in [-0.25, -0.2) is 0 Å². The minimum atomic E-state index is -3.63. The van der Waals surface area contributed by atoms with E-state index < -0.39 is 12.7 Å². The van der Waals surface area contributed by atoms with E-state index in [-0.39, 0.29) is 0 Å². The third-order valence-corrected chi connectivity index (χ3v) is 26.0. The van der Waals surface area contributed by atoms with Crippen molar-refractivity contribution in [3.63, 3.8) is 0 Å². The molecule has 0 amide bonds. The molecule has 0 nitrogen and oxygen atoms in total. The molecule has 0 radical (unpaired) electrons. The van der Waals surface area contributed by atoms with Gasteiger partial charge in [-0.15, -0.1) is 0 Å². The first-order valence-corrected chi connectivity index (χ1v) is 24.7. The predicted octanol–water partition coefficient (Wildman–Crippen LogP) is 10.9. The van der Waals surface area contributed by atoms with E-state index in [0.29, 0.717) is 0 Å². The molecule has 8 aromatic rings. The fourth-order valence-corrected chi connectivity index (χ4v) is 25.0. The van der Waals surface area contributed by atoms with Crippen molar-refractivity contribution in [3.8, 4) is 0 Å². The van der Waals surface area contributed by atoms with Crippen molar-refractivity contribution in [1.29, 1.82) is 0 Å². The number of thiocarbonyl (C=S) groups is 1. The summed E-state index contributed by atoms with van der Waals surface area (Å²) in [5.74, 6) is -3.63. The van der Waals surface area contributed by atoms with Crippen LogP contribution in [-0.2, 0) is 6.16 Å². The van der Waals surface area contributed by atoms with Crippen molar-refractivity contribution in [1.82, 2.24) is 0 Å². The normalized spacial score (nSPS) is 12.3. The Morgan fingerprint density at radius 1 is 0.382 bits per heavy atom. The Balaban J connectivity index is 1.58. The second-order valence-corrected chi connectivity index (χ2v) is 25.5. The molecule has 0 aromatic heterocycles. The Bertz CT molecular complexity index is 2330. The van der Waals surface area contributed by atoms with E-state index in [4.69, 9.17) is 12.2 Å². The van der Waals surface area contributed by atoms with Crippen LogP contribution in [0.15, 0.2) is 243 Å². The topological polar surface area (TPSA) is 0 Å². The Morgan fingerprint density at radius 2 is 0.673 bits per heavy atom. The standard InChI is InChI=1S/C51H42P2S2/c54-51(50(43-27-11-2-12-28-43)52(44-29-13-3-14-30-44,45-31-15-4-16-32-45)46-33-17-5-18-34-46)55-53(47-35-19-6-20-36-47,48-37-21-7-22-38-48,49-39-23-8-24-40-49)41-42-25-9-1-10-26-42/h1-40H,41H2. The fraction of sp³-hybridized carbons (Fsp3) is 0.0196. The third kappa shape index (κ3) is 6.69. The molecule has 0 heterocycles. The van der Waals surface area contributed by atoms with Crippen molar-refractivity contribution >= 4 is 77.6 Å². The molecule has 55 heavy (non-hydrogen) atoms. The second-order valence-electron chi connectivity index (χ2n) is 13.6. The van der Waals surface area contributed by atoms with Gasteiger partial charge in [-0.05, 0) is 0 Å². The molecule has 0 spiro atoms. The van der Waals surface area contributed by atoms with E-state index in [9.17, 15) is 0 Å². The molecule has 0 atom stereocenters. The van der Waals surface area contributed by atoms with Crippen molar-refractivity contribution in [3.05, 3.63) is 254 Å². The SMILES string of the molecule is S=C(SP(Cc1ccccc1)(c1ccccc1)(c1ccccc1)c1ccccc1)C(c1ccccc1)=P(c1ccccc1)(c1ccccc1)c1ccccc1. The van der Waals surface area contributed by atoms with Crippen molar-refractivity contribution in [2.75, 3.05) is 0 Å². The molecule has 0 aliphatic heterocycles. The fourth-order valence-electron chi connectivity index (χ4n) is 8.13. The van der Waals surface area contributed by atoms with Crippen molar-refractivity contribution in [2.45, 2.75) is 6.16 Å². The molecule has 0 saturated heterocycles. The van der Waals surface area contributed by atoms with Gasteiger partial charge in [-0.2, -0.15) is 0 Å². The van der Waals surface area contributed by atoms with E-state index in [1.165, 1.54) is 42.7 Å². The zero-order chi connectivity index (χ0) is 37.4. The summed E-state index contributed by atoms with van der Waals surface area (Å²) >= 11 is 9.19. The van der Waals surface area contributed by atoms with Crippen LogP contribution in [0.4, 0.5) is 0 Å². The molecule has 8 rings (SSSR count). The summed E-state index contributed by atoms with van der Waals surface area (Å²) in [6.45, 7) is -2.64. The van der Waals surface area contributed by atoms with Gasteiger partial charge in [-0.1, -0.05) is 0 Å². The molecule has 0 bridgehead atoms. The molecule has 8 aromatic carbocycles. The Kier molecular flexibility index (Phi) is 11.0. The summed E-state index contributed by atoms with van der Waals surface area (Å²) in [7, 11) is 0. The van der Waals surface area contributed by atoms with Gasteiger partial charge < -0.3 is 0 Å². The van der Waals surface area contributed by atoms with Crippen LogP contribution in [0.5, 0.6) is 0 Å². The van der Waals surface area contributed by atoms with Crippen LogP contribution in [0.3, 0.4) is 0 Å². The van der Waals surface area contributed by atoms with E-state index in [1.807, 2.05) is 11.4 Å². The summed E-state index contributed by atoms with van der Waals surface area (Å²) in [6.07, 6.45) is 0.796. The van der Waals surface area contributed by atoms with Gasteiger partial charge in [0.05, 0.1) is 0 Å². The quantitative estimate of drug-likeness (QED) is 0.0947. The van der Waals surface area contributed by atoms with Gasteiger partial charge in [0, 0.05) is 0 Å². The van der Waals surface area contributed by atoms with Crippen LogP contribution in [-0.4, -0.2) is 9.49 Å². The molecule has 0 aliphatic rings. The monoisotopic (exact) mass is 780 g/mol.